The van der Waals surface area contributed by atoms with E-state index in [-0.39, 0.29) is 29.7 Å². The van der Waals surface area contributed by atoms with Crippen molar-refractivity contribution in [3.05, 3.63) is 59.4 Å². The fraction of sp³-hybridized carbons (Fsp3) is 0.364. The van der Waals surface area contributed by atoms with Gasteiger partial charge in [-0.1, -0.05) is 37.6 Å². The number of carbonyl (C=O) groups is 2. The van der Waals surface area contributed by atoms with Crippen LogP contribution >= 0.6 is 0 Å². The van der Waals surface area contributed by atoms with Crippen LogP contribution < -0.4 is 11.1 Å². The molecule has 3 N–H and O–H groups in total. The van der Waals surface area contributed by atoms with Crippen LogP contribution in [0.3, 0.4) is 0 Å². The number of rotatable bonds is 10. The maximum absolute atomic E-state index is 14.1. The third-order valence-electron chi connectivity index (χ3n) is 4.89. The lowest BCUT2D eigenvalue weighted by Gasteiger charge is -2.28. The molecular formula is C22H28FN3O4S. The number of halogens is 1. The number of hydrogen-bond acceptors (Lipinski definition) is 5. The molecule has 2 amide bonds. The summed E-state index contributed by atoms with van der Waals surface area (Å²) in [7, 11) is -3.56. The molecule has 1 unspecified atom stereocenters. The van der Waals surface area contributed by atoms with Crippen LogP contribution in [0.25, 0.3) is 0 Å². The first-order chi connectivity index (χ1) is 14.5. The maximum Gasteiger partial charge on any atom is 0.238 e. The second-order valence-corrected chi connectivity index (χ2v) is 9.52. The predicted octanol–water partition coefficient (Wildman–Crippen LogP) is 2.67. The van der Waals surface area contributed by atoms with Crippen molar-refractivity contribution >= 4 is 27.3 Å². The van der Waals surface area contributed by atoms with Crippen molar-refractivity contribution in [3.8, 4) is 0 Å². The molecule has 0 aromatic heterocycles. The van der Waals surface area contributed by atoms with Crippen molar-refractivity contribution in [2.75, 3.05) is 24.7 Å². The van der Waals surface area contributed by atoms with Crippen molar-refractivity contribution in [1.82, 2.24) is 4.90 Å². The van der Waals surface area contributed by atoms with Gasteiger partial charge in [0.25, 0.3) is 0 Å². The second-order valence-electron chi connectivity index (χ2n) is 7.50. The molecule has 2 rings (SSSR count). The van der Waals surface area contributed by atoms with Gasteiger partial charge in [0.15, 0.2) is 9.84 Å². The third kappa shape index (κ3) is 7.15. The number of nitrogens with two attached hydrogens (primary N) is 1. The molecule has 1 atom stereocenters. The van der Waals surface area contributed by atoms with Crippen LogP contribution in [-0.4, -0.2) is 44.5 Å². The van der Waals surface area contributed by atoms with Crippen LogP contribution in [0, 0.1) is 5.82 Å². The molecule has 9 heteroatoms. The average Bonchev–Trinajstić information content (AvgIpc) is 2.68. The SMILES string of the molecule is CCCc1ccc(C(C)N(CC(N)=O)CC(=O)Nc2cc(S(C)(=O)=O)ccc2F)cc1. The van der Waals surface area contributed by atoms with Gasteiger partial charge in [-0.3, -0.25) is 14.5 Å². The average molecular weight is 450 g/mol. The summed E-state index contributed by atoms with van der Waals surface area (Å²) in [6.45, 7) is 3.54. The van der Waals surface area contributed by atoms with E-state index in [9.17, 15) is 22.4 Å². The van der Waals surface area contributed by atoms with Gasteiger partial charge in [0.05, 0.1) is 23.7 Å². The molecule has 0 aliphatic rings. The summed E-state index contributed by atoms with van der Waals surface area (Å²) in [6, 6.07) is 10.8. The molecule has 168 valence electrons. The van der Waals surface area contributed by atoms with Gasteiger partial charge in [-0.15, -0.1) is 0 Å². The Bertz CT molecular complexity index is 1040. The third-order valence-corrected chi connectivity index (χ3v) is 6.00. The maximum atomic E-state index is 14.1. The highest BCUT2D eigenvalue weighted by molar-refractivity contribution is 7.90. The fourth-order valence-corrected chi connectivity index (χ4v) is 3.84. The number of carbonyl (C=O) groups excluding carboxylic acids is 2. The summed E-state index contributed by atoms with van der Waals surface area (Å²) in [4.78, 5) is 25.6. The first-order valence-electron chi connectivity index (χ1n) is 9.92. The van der Waals surface area contributed by atoms with Gasteiger partial charge in [-0.05, 0) is 42.7 Å². The Morgan fingerprint density at radius 1 is 1.13 bits per heavy atom. The van der Waals surface area contributed by atoms with E-state index in [1.165, 1.54) is 5.56 Å². The Balaban J connectivity index is 2.18. The highest BCUT2D eigenvalue weighted by Gasteiger charge is 2.22. The summed E-state index contributed by atoms with van der Waals surface area (Å²) < 4.78 is 37.5. The van der Waals surface area contributed by atoms with E-state index in [0.29, 0.717) is 0 Å². The molecule has 0 fully saturated rings. The lowest BCUT2D eigenvalue weighted by molar-refractivity contribution is -0.122. The molecule has 31 heavy (non-hydrogen) atoms. The topological polar surface area (TPSA) is 110 Å². The first kappa shape index (κ1) is 24.5. The van der Waals surface area contributed by atoms with Gasteiger partial charge in [0.1, 0.15) is 5.82 Å². The molecule has 2 aromatic rings. The first-order valence-corrected chi connectivity index (χ1v) is 11.8. The van der Waals surface area contributed by atoms with E-state index in [1.807, 2.05) is 31.2 Å². The quantitative estimate of drug-likeness (QED) is 0.542. The number of anilines is 1. The Kier molecular flexibility index (Phi) is 8.29. The molecular weight excluding hydrogens is 421 g/mol. The van der Waals surface area contributed by atoms with Crippen molar-refractivity contribution in [2.45, 2.75) is 37.6 Å². The minimum atomic E-state index is -3.56. The molecule has 7 nitrogen and oxygen atoms in total. The molecule has 0 saturated carbocycles. The van der Waals surface area contributed by atoms with Crippen LogP contribution in [0.15, 0.2) is 47.4 Å². The van der Waals surface area contributed by atoms with E-state index < -0.39 is 27.5 Å². The normalized spacial score (nSPS) is 12.5. The van der Waals surface area contributed by atoms with Crippen LogP contribution in [0.5, 0.6) is 0 Å². The molecule has 0 radical (unpaired) electrons. The number of nitrogens with zero attached hydrogens (tertiary/aromatic N) is 1. The fourth-order valence-electron chi connectivity index (χ4n) is 3.20. The second kappa shape index (κ2) is 10.5. The number of benzene rings is 2. The zero-order valence-electron chi connectivity index (χ0n) is 17.9. The highest BCUT2D eigenvalue weighted by atomic mass is 32.2. The molecule has 0 spiro atoms. The number of amides is 2. The molecule has 0 aliphatic heterocycles. The van der Waals surface area contributed by atoms with E-state index in [0.717, 1.165) is 42.9 Å². The Hall–Kier alpha value is -2.78. The standard InChI is InChI=1S/C22H28FN3O4S/c1-4-5-16-6-8-17(9-7-16)15(2)26(13-21(24)27)14-22(28)25-20-12-18(31(3,29)30)10-11-19(20)23/h6-12,15H,4-5,13-14H2,1-3H3,(H2,24,27)(H,25,28). The van der Waals surface area contributed by atoms with Crippen LogP contribution in [0.2, 0.25) is 0 Å². The monoisotopic (exact) mass is 449 g/mol. The summed E-state index contributed by atoms with van der Waals surface area (Å²) in [6.07, 6.45) is 2.98. The highest BCUT2D eigenvalue weighted by Crippen LogP contribution is 2.22. The van der Waals surface area contributed by atoms with Crippen molar-refractivity contribution in [2.24, 2.45) is 5.73 Å². The Morgan fingerprint density at radius 2 is 1.77 bits per heavy atom. The zero-order valence-corrected chi connectivity index (χ0v) is 18.7. The summed E-state index contributed by atoms with van der Waals surface area (Å²) >= 11 is 0. The van der Waals surface area contributed by atoms with Gasteiger partial charge in [0, 0.05) is 12.3 Å². The number of sulfone groups is 1. The van der Waals surface area contributed by atoms with Gasteiger partial charge in [-0.2, -0.15) is 0 Å². The van der Waals surface area contributed by atoms with Gasteiger partial charge < -0.3 is 11.1 Å². The van der Waals surface area contributed by atoms with E-state index in [4.69, 9.17) is 5.73 Å². The van der Waals surface area contributed by atoms with Gasteiger partial charge >= 0.3 is 0 Å². The minimum absolute atomic E-state index is 0.112. The largest absolute Gasteiger partial charge is 0.369 e. The number of aryl methyl sites for hydroxylation is 1. The number of nitrogens with one attached hydrogen (secondary N) is 1. The van der Waals surface area contributed by atoms with Crippen molar-refractivity contribution < 1.29 is 22.4 Å². The van der Waals surface area contributed by atoms with Gasteiger partial charge in [0.2, 0.25) is 11.8 Å². The summed E-state index contributed by atoms with van der Waals surface area (Å²) in [5, 5.41) is 2.39. The minimum Gasteiger partial charge on any atom is -0.369 e. The van der Waals surface area contributed by atoms with E-state index in [2.05, 4.69) is 12.2 Å². The van der Waals surface area contributed by atoms with Crippen molar-refractivity contribution in [3.63, 3.8) is 0 Å². The summed E-state index contributed by atoms with van der Waals surface area (Å²) in [5.41, 5.74) is 7.20. The van der Waals surface area contributed by atoms with Crippen LogP contribution in [0.1, 0.15) is 37.4 Å². The molecule has 2 aromatic carbocycles. The Labute approximate surface area is 182 Å². The van der Waals surface area contributed by atoms with Crippen LogP contribution in [-0.2, 0) is 25.8 Å². The molecule has 0 bridgehead atoms. The number of primary amides is 1. The smallest absolute Gasteiger partial charge is 0.238 e. The molecule has 0 heterocycles. The predicted molar refractivity (Wildman–Crippen MR) is 118 cm³/mol. The zero-order chi connectivity index (χ0) is 23.2. The van der Waals surface area contributed by atoms with E-state index >= 15 is 0 Å². The van der Waals surface area contributed by atoms with E-state index in [1.54, 1.807) is 4.90 Å². The number of hydrogen-bond donors (Lipinski definition) is 2. The van der Waals surface area contributed by atoms with Crippen molar-refractivity contribution in [1.29, 1.82) is 0 Å². The lowest BCUT2D eigenvalue weighted by Crippen LogP contribution is -2.40. The summed E-state index contributed by atoms with van der Waals surface area (Å²) in [5.74, 6) is -1.96. The molecule has 0 saturated heterocycles. The van der Waals surface area contributed by atoms with Crippen LogP contribution in [0.4, 0.5) is 10.1 Å². The molecule has 0 aliphatic carbocycles. The Morgan fingerprint density at radius 3 is 2.32 bits per heavy atom. The van der Waals surface area contributed by atoms with Gasteiger partial charge in [-0.25, -0.2) is 12.8 Å². The lowest BCUT2D eigenvalue weighted by atomic mass is 10.0.